The van der Waals surface area contributed by atoms with E-state index >= 15 is 0 Å². The maximum atomic E-state index is 13.0. The predicted octanol–water partition coefficient (Wildman–Crippen LogP) is 4.42. The normalized spacial score (nSPS) is 11.6. The molecular formula is C23H23ClN4O3. The third kappa shape index (κ3) is 5.19. The van der Waals surface area contributed by atoms with Crippen molar-refractivity contribution >= 4 is 34.8 Å². The minimum Gasteiger partial charge on any atom is -0.324 e. The van der Waals surface area contributed by atoms with Crippen LogP contribution in [0.15, 0.2) is 59.4 Å². The second kappa shape index (κ2) is 9.57. The van der Waals surface area contributed by atoms with Crippen molar-refractivity contribution < 1.29 is 9.59 Å². The van der Waals surface area contributed by atoms with E-state index in [9.17, 15) is 14.4 Å². The van der Waals surface area contributed by atoms with Crippen molar-refractivity contribution in [2.24, 2.45) is 0 Å². The van der Waals surface area contributed by atoms with Gasteiger partial charge in [-0.15, -0.1) is 0 Å². The second-order valence-corrected chi connectivity index (χ2v) is 7.52. The highest BCUT2D eigenvalue weighted by Crippen LogP contribution is 2.22. The van der Waals surface area contributed by atoms with Gasteiger partial charge in [-0.3, -0.25) is 14.4 Å². The number of aryl methyl sites for hydroxylation is 1. The van der Waals surface area contributed by atoms with Crippen molar-refractivity contribution in [3.05, 3.63) is 75.5 Å². The highest BCUT2D eigenvalue weighted by molar-refractivity contribution is 6.30. The minimum atomic E-state index is -0.920. The predicted molar refractivity (Wildman–Crippen MR) is 122 cm³/mol. The highest BCUT2D eigenvalue weighted by Gasteiger charge is 2.21. The van der Waals surface area contributed by atoms with Crippen LogP contribution in [0, 0.1) is 6.92 Å². The van der Waals surface area contributed by atoms with Crippen molar-refractivity contribution in [1.82, 2.24) is 9.78 Å². The first-order valence-corrected chi connectivity index (χ1v) is 10.2. The molecule has 8 heteroatoms. The molecule has 0 unspecified atom stereocenters. The van der Waals surface area contributed by atoms with E-state index in [1.54, 1.807) is 44.2 Å². The summed E-state index contributed by atoms with van der Waals surface area (Å²) in [6.07, 6.45) is 0.210. The third-order valence-corrected chi connectivity index (χ3v) is 5.07. The number of rotatable bonds is 6. The zero-order chi connectivity index (χ0) is 22.5. The Balaban J connectivity index is 2.03. The zero-order valence-corrected chi connectivity index (χ0v) is 18.2. The van der Waals surface area contributed by atoms with Crippen LogP contribution in [-0.4, -0.2) is 21.6 Å². The van der Waals surface area contributed by atoms with Crippen LogP contribution in [0.3, 0.4) is 0 Å². The number of nitrogens with zero attached hydrogens (tertiary/aromatic N) is 2. The second-order valence-electron chi connectivity index (χ2n) is 7.08. The first-order chi connectivity index (χ1) is 14.8. The Hall–Kier alpha value is -3.45. The quantitative estimate of drug-likeness (QED) is 0.595. The van der Waals surface area contributed by atoms with Gasteiger partial charge in [0.1, 0.15) is 11.7 Å². The Labute approximate surface area is 185 Å². The molecule has 31 heavy (non-hydrogen) atoms. The molecule has 2 amide bonds. The summed E-state index contributed by atoms with van der Waals surface area (Å²) in [5.41, 5.74) is 2.17. The van der Waals surface area contributed by atoms with Gasteiger partial charge in [0.15, 0.2) is 0 Å². The Morgan fingerprint density at radius 1 is 1.06 bits per heavy atom. The summed E-state index contributed by atoms with van der Waals surface area (Å²) in [5.74, 6) is -0.709. The van der Waals surface area contributed by atoms with Gasteiger partial charge < -0.3 is 10.6 Å². The molecule has 0 spiro atoms. The smallest absolute Gasteiger partial charge is 0.291 e. The number of carbonyl (C=O) groups is 2. The Morgan fingerprint density at radius 2 is 1.74 bits per heavy atom. The number of carbonyl (C=O) groups excluding carboxylic acids is 2. The molecule has 3 rings (SSSR count). The third-order valence-electron chi connectivity index (χ3n) is 4.82. The summed E-state index contributed by atoms with van der Waals surface area (Å²) < 4.78 is 1.09. The molecule has 3 aromatic rings. The fourth-order valence-corrected chi connectivity index (χ4v) is 3.05. The molecule has 0 aliphatic carbocycles. The first-order valence-electron chi connectivity index (χ1n) is 9.86. The number of anilines is 2. The van der Waals surface area contributed by atoms with Crippen molar-refractivity contribution in [2.75, 3.05) is 10.6 Å². The van der Waals surface area contributed by atoms with Crippen LogP contribution < -0.4 is 16.2 Å². The molecule has 1 aromatic heterocycles. The van der Waals surface area contributed by atoms with Crippen molar-refractivity contribution in [1.29, 1.82) is 0 Å². The molecular weight excluding hydrogens is 416 g/mol. The van der Waals surface area contributed by atoms with E-state index in [0.29, 0.717) is 22.0 Å². The molecule has 0 saturated carbocycles. The number of nitrogens with one attached hydrogen (secondary N) is 2. The average molecular weight is 439 g/mol. The van der Waals surface area contributed by atoms with E-state index < -0.39 is 17.5 Å². The average Bonchev–Trinajstić information content (AvgIpc) is 2.76. The maximum absolute atomic E-state index is 13.0. The highest BCUT2D eigenvalue weighted by atomic mass is 35.5. The molecule has 0 fully saturated rings. The molecule has 0 radical (unpaired) electrons. The summed E-state index contributed by atoms with van der Waals surface area (Å²) >= 11 is 5.97. The van der Waals surface area contributed by atoms with E-state index in [2.05, 4.69) is 15.7 Å². The van der Waals surface area contributed by atoms with Gasteiger partial charge >= 0.3 is 0 Å². The summed E-state index contributed by atoms with van der Waals surface area (Å²) in [7, 11) is 0. The maximum Gasteiger partial charge on any atom is 0.291 e. The summed E-state index contributed by atoms with van der Waals surface area (Å²) in [4.78, 5) is 37.8. The molecule has 1 heterocycles. The van der Waals surface area contributed by atoms with Crippen molar-refractivity contribution in [2.45, 2.75) is 33.2 Å². The monoisotopic (exact) mass is 438 g/mol. The number of hydrogen-bond acceptors (Lipinski definition) is 4. The SMILES string of the molecule is CCC(=O)Nc1cc(-c2ccc(Cl)cc2)nn([C@H](C)C(=O)Nc2ccccc2C)c1=O. The zero-order valence-electron chi connectivity index (χ0n) is 17.5. The van der Waals surface area contributed by atoms with Crippen LogP contribution in [-0.2, 0) is 9.59 Å². The van der Waals surface area contributed by atoms with Crippen molar-refractivity contribution in [3.8, 4) is 11.3 Å². The minimum absolute atomic E-state index is 0.0577. The number of hydrogen-bond donors (Lipinski definition) is 2. The molecule has 160 valence electrons. The topological polar surface area (TPSA) is 93.1 Å². The van der Waals surface area contributed by atoms with Gasteiger partial charge in [-0.2, -0.15) is 5.10 Å². The Kier molecular flexibility index (Phi) is 6.87. The fourth-order valence-electron chi connectivity index (χ4n) is 2.93. The van der Waals surface area contributed by atoms with Crippen LogP contribution in [0.4, 0.5) is 11.4 Å². The van der Waals surface area contributed by atoms with Gasteiger partial charge in [-0.1, -0.05) is 48.9 Å². The lowest BCUT2D eigenvalue weighted by Gasteiger charge is -2.17. The van der Waals surface area contributed by atoms with E-state index in [-0.39, 0.29) is 18.0 Å². The van der Waals surface area contributed by atoms with Gasteiger partial charge in [0.25, 0.3) is 5.56 Å². The van der Waals surface area contributed by atoms with Gasteiger partial charge in [0.2, 0.25) is 11.8 Å². The summed E-state index contributed by atoms with van der Waals surface area (Å²) in [5, 5.41) is 10.4. The van der Waals surface area contributed by atoms with E-state index in [1.165, 1.54) is 6.07 Å². The van der Waals surface area contributed by atoms with Gasteiger partial charge in [0, 0.05) is 22.7 Å². The van der Waals surface area contributed by atoms with Gasteiger partial charge in [0.05, 0.1) is 5.69 Å². The molecule has 1 atom stereocenters. The van der Waals surface area contributed by atoms with Crippen LogP contribution in [0.5, 0.6) is 0 Å². The van der Waals surface area contributed by atoms with Crippen molar-refractivity contribution in [3.63, 3.8) is 0 Å². The lowest BCUT2D eigenvalue weighted by atomic mass is 10.1. The number of halogens is 1. The van der Waals surface area contributed by atoms with E-state index in [1.807, 2.05) is 25.1 Å². The summed E-state index contributed by atoms with van der Waals surface area (Å²) in [6.45, 7) is 5.15. The standard InChI is InChI=1S/C23H23ClN4O3/c1-4-21(29)25-20-13-19(16-9-11-17(24)12-10-16)27-28(23(20)31)15(3)22(30)26-18-8-6-5-7-14(18)2/h5-13,15H,4H2,1-3H3,(H,25,29)(H,26,30)/t15-/m1/s1. The lowest BCUT2D eigenvalue weighted by Crippen LogP contribution is -2.35. The number of amides is 2. The largest absolute Gasteiger partial charge is 0.324 e. The number of para-hydroxylation sites is 1. The number of aromatic nitrogens is 2. The molecule has 2 N–H and O–H groups in total. The first kappa shape index (κ1) is 22.2. The molecule has 0 bridgehead atoms. The Morgan fingerprint density at radius 3 is 2.39 bits per heavy atom. The van der Waals surface area contributed by atoms with Crippen LogP contribution >= 0.6 is 11.6 Å². The van der Waals surface area contributed by atoms with E-state index in [4.69, 9.17) is 11.6 Å². The number of benzene rings is 2. The fraction of sp³-hybridized carbons (Fsp3) is 0.217. The molecule has 2 aromatic carbocycles. The van der Waals surface area contributed by atoms with Crippen LogP contribution in [0.1, 0.15) is 31.9 Å². The van der Waals surface area contributed by atoms with Gasteiger partial charge in [-0.25, -0.2) is 4.68 Å². The molecule has 7 nitrogen and oxygen atoms in total. The Bertz CT molecular complexity index is 1170. The molecule has 0 aliphatic rings. The molecule has 0 saturated heterocycles. The molecule has 0 aliphatic heterocycles. The summed E-state index contributed by atoms with van der Waals surface area (Å²) in [6, 6.07) is 14.8. The van der Waals surface area contributed by atoms with Crippen LogP contribution in [0.25, 0.3) is 11.3 Å². The van der Waals surface area contributed by atoms with Crippen LogP contribution in [0.2, 0.25) is 5.02 Å². The lowest BCUT2D eigenvalue weighted by molar-refractivity contribution is -0.119. The van der Waals surface area contributed by atoms with Gasteiger partial charge in [-0.05, 0) is 43.7 Å². The van der Waals surface area contributed by atoms with E-state index in [0.717, 1.165) is 10.2 Å².